The lowest BCUT2D eigenvalue weighted by atomic mass is 10.2. The van der Waals surface area contributed by atoms with E-state index in [1.165, 1.54) is 25.7 Å². The zero-order valence-corrected chi connectivity index (χ0v) is 14.1. The summed E-state index contributed by atoms with van der Waals surface area (Å²) in [4.78, 5) is 0.274. The van der Waals surface area contributed by atoms with Gasteiger partial charge in [0.25, 0.3) is 10.0 Å². The van der Waals surface area contributed by atoms with Gasteiger partial charge in [-0.05, 0) is 56.2 Å². The molecule has 4 nitrogen and oxygen atoms in total. The van der Waals surface area contributed by atoms with Gasteiger partial charge in [0.05, 0.1) is 4.90 Å². The molecular formula is C18H22N2O2S. The monoisotopic (exact) mass is 330 g/mol. The van der Waals surface area contributed by atoms with Crippen molar-refractivity contribution >= 4 is 21.4 Å². The average molecular weight is 330 g/mol. The minimum Gasteiger partial charge on any atom is -0.382 e. The summed E-state index contributed by atoms with van der Waals surface area (Å²) in [6.45, 7) is 1.93. The molecule has 0 aromatic heterocycles. The summed E-state index contributed by atoms with van der Waals surface area (Å²) in [7, 11) is -3.54. The Kier molecular flexibility index (Phi) is 4.57. The SMILES string of the molecule is Cc1ccc(S(=O)(=O)Nc2ccc(NC3CCCC3)cc2)cc1. The molecule has 0 unspecified atom stereocenters. The fourth-order valence-corrected chi connectivity index (χ4v) is 3.93. The highest BCUT2D eigenvalue weighted by Gasteiger charge is 2.15. The maximum atomic E-state index is 12.3. The topological polar surface area (TPSA) is 58.2 Å². The molecule has 0 atom stereocenters. The van der Waals surface area contributed by atoms with Gasteiger partial charge in [0, 0.05) is 17.4 Å². The number of sulfonamides is 1. The number of nitrogens with one attached hydrogen (secondary N) is 2. The van der Waals surface area contributed by atoms with E-state index in [1.807, 2.05) is 19.1 Å². The van der Waals surface area contributed by atoms with Crippen LogP contribution in [0.15, 0.2) is 53.4 Å². The predicted molar refractivity (Wildman–Crippen MR) is 94.3 cm³/mol. The Bertz CT molecular complexity index is 747. The van der Waals surface area contributed by atoms with Crippen LogP contribution < -0.4 is 10.0 Å². The molecule has 5 heteroatoms. The molecule has 2 aromatic rings. The van der Waals surface area contributed by atoms with Gasteiger partial charge < -0.3 is 5.32 Å². The van der Waals surface area contributed by atoms with Crippen LogP contribution >= 0.6 is 0 Å². The second-order valence-corrected chi connectivity index (χ2v) is 7.80. The van der Waals surface area contributed by atoms with E-state index < -0.39 is 10.0 Å². The van der Waals surface area contributed by atoms with Crippen LogP contribution in [-0.2, 0) is 10.0 Å². The zero-order chi connectivity index (χ0) is 16.3. The Morgan fingerprint density at radius 1 is 0.870 bits per heavy atom. The first-order valence-corrected chi connectivity index (χ1v) is 9.47. The van der Waals surface area contributed by atoms with Gasteiger partial charge >= 0.3 is 0 Å². The van der Waals surface area contributed by atoms with Crippen molar-refractivity contribution in [1.82, 2.24) is 0 Å². The van der Waals surface area contributed by atoms with E-state index in [-0.39, 0.29) is 4.90 Å². The Labute approximate surface area is 138 Å². The highest BCUT2D eigenvalue weighted by Crippen LogP contribution is 2.24. The van der Waals surface area contributed by atoms with Crippen LogP contribution in [0.3, 0.4) is 0 Å². The van der Waals surface area contributed by atoms with Gasteiger partial charge in [-0.1, -0.05) is 30.5 Å². The first kappa shape index (κ1) is 15.9. The zero-order valence-electron chi connectivity index (χ0n) is 13.2. The molecule has 0 radical (unpaired) electrons. The molecule has 23 heavy (non-hydrogen) atoms. The maximum Gasteiger partial charge on any atom is 0.261 e. The lowest BCUT2D eigenvalue weighted by Crippen LogP contribution is -2.15. The van der Waals surface area contributed by atoms with Crippen LogP contribution in [0.1, 0.15) is 31.2 Å². The molecule has 0 amide bonds. The molecule has 1 aliphatic carbocycles. The summed E-state index contributed by atoms with van der Waals surface area (Å²) in [5.74, 6) is 0. The Morgan fingerprint density at radius 2 is 1.43 bits per heavy atom. The second-order valence-electron chi connectivity index (χ2n) is 6.12. The molecule has 1 saturated carbocycles. The van der Waals surface area contributed by atoms with Crippen molar-refractivity contribution in [3.05, 3.63) is 54.1 Å². The van der Waals surface area contributed by atoms with Crippen molar-refractivity contribution in [2.75, 3.05) is 10.0 Å². The van der Waals surface area contributed by atoms with Crippen molar-refractivity contribution in [2.45, 2.75) is 43.5 Å². The largest absolute Gasteiger partial charge is 0.382 e. The fourth-order valence-electron chi connectivity index (χ4n) is 2.87. The van der Waals surface area contributed by atoms with Crippen molar-refractivity contribution in [1.29, 1.82) is 0 Å². The molecule has 2 aromatic carbocycles. The van der Waals surface area contributed by atoms with Crippen LogP contribution in [0.4, 0.5) is 11.4 Å². The number of anilines is 2. The average Bonchev–Trinajstić information content (AvgIpc) is 3.02. The quantitative estimate of drug-likeness (QED) is 0.866. The van der Waals surface area contributed by atoms with E-state index in [2.05, 4.69) is 10.0 Å². The fraction of sp³-hybridized carbons (Fsp3) is 0.333. The molecular weight excluding hydrogens is 308 g/mol. The summed E-state index contributed by atoms with van der Waals surface area (Å²) in [6.07, 6.45) is 4.99. The second kappa shape index (κ2) is 6.62. The summed E-state index contributed by atoms with van der Waals surface area (Å²) in [5.41, 5.74) is 2.64. The van der Waals surface area contributed by atoms with Gasteiger partial charge in [-0.15, -0.1) is 0 Å². The molecule has 0 saturated heterocycles. The van der Waals surface area contributed by atoms with Crippen molar-refractivity contribution < 1.29 is 8.42 Å². The van der Waals surface area contributed by atoms with Gasteiger partial charge in [-0.25, -0.2) is 8.42 Å². The van der Waals surface area contributed by atoms with Crippen molar-refractivity contribution in [3.63, 3.8) is 0 Å². The molecule has 0 bridgehead atoms. The maximum absolute atomic E-state index is 12.3. The third-order valence-corrected chi connectivity index (χ3v) is 5.59. The van der Waals surface area contributed by atoms with Crippen LogP contribution in [0.5, 0.6) is 0 Å². The van der Waals surface area contributed by atoms with E-state index >= 15 is 0 Å². The first-order valence-electron chi connectivity index (χ1n) is 7.99. The number of benzene rings is 2. The standard InChI is InChI=1S/C18H22N2O2S/c1-14-6-12-18(13-7-14)23(21,22)20-17-10-8-16(9-11-17)19-15-4-2-3-5-15/h6-13,15,19-20H,2-5H2,1H3. The van der Waals surface area contributed by atoms with E-state index in [4.69, 9.17) is 0 Å². The van der Waals surface area contributed by atoms with Gasteiger partial charge in [0.15, 0.2) is 0 Å². The molecule has 1 aliphatic rings. The summed E-state index contributed by atoms with van der Waals surface area (Å²) in [5, 5.41) is 3.49. The van der Waals surface area contributed by atoms with Crippen LogP contribution in [0.25, 0.3) is 0 Å². The van der Waals surface area contributed by atoms with Crippen LogP contribution in [0, 0.1) is 6.92 Å². The van der Waals surface area contributed by atoms with E-state index in [9.17, 15) is 8.42 Å². The van der Waals surface area contributed by atoms with Gasteiger partial charge in [-0.3, -0.25) is 4.72 Å². The molecule has 0 spiro atoms. The number of hydrogen-bond acceptors (Lipinski definition) is 3. The molecule has 0 heterocycles. The molecule has 1 fully saturated rings. The molecule has 0 aliphatic heterocycles. The van der Waals surface area contributed by atoms with Crippen molar-refractivity contribution in [3.8, 4) is 0 Å². The Morgan fingerprint density at radius 3 is 2.04 bits per heavy atom. The lowest BCUT2D eigenvalue weighted by Gasteiger charge is -2.14. The third kappa shape index (κ3) is 4.05. The number of aryl methyl sites for hydroxylation is 1. The van der Waals surface area contributed by atoms with Crippen molar-refractivity contribution in [2.24, 2.45) is 0 Å². The predicted octanol–water partition coefficient (Wildman–Crippen LogP) is 4.15. The Balaban J connectivity index is 1.68. The van der Waals surface area contributed by atoms with Gasteiger partial charge in [-0.2, -0.15) is 0 Å². The molecule has 3 rings (SSSR count). The minimum absolute atomic E-state index is 0.274. The van der Waals surface area contributed by atoms with Crippen LogP contribution in [-0.4, -0.2) is 14.5 Å². The highest BCUT2D eigenvalue weighted by molar-refractivity contribution is 7.92. The van der Waals surface area contributed by atoms with E-state index in [0.29, 0.717) is 11.7 Å². The van der Waals surface area contributed by atoms with Gasteiger partial charge in [0.1, 0.15) is 0 Å². The van der Waals surface area contributed by atoms with Gasteiger partial charge in [0.2, 0.25) is 0 Å². The van der Waals surface area contributed by atoms with E-state index in [0.717, 1.165) is 11.3 Å². The third-order valence-electron chi connectivity index (χ3n) is 4.19. The highest BCUT2D eigenvalue weighted by atomic mass is 32.2. The lowest BCUT2D eigenvalue weighted by molar-refractivity contribution is 0.601. The summed E-state index contributed by atoms with van der Waals surface area (Å²) < 4.78 is 27.3. The normalized spacial score (nSPS) is 15.5. The molecule has 2 N–H and O–H groups in total. The van der Waals surface area contributed by atoms with Crippen LogP contribution in [0.2, 0.25) is 0 Å². The summed E-state index contributed by atoms with van der Waals surface area (Å²) in [6, 6.07) is 14.8. The molecule has 122 valence electrons. The first-order chi connectivity index (χ1) is 11.0. The summed E-state index contributed by atoms with van der Waals surface area (Å²) >= 11 is 0. The minimum atomic E-state index is -3.54. The number of rotatable bonds is 5. The van der Waals surface area contributed by atoms with E-state index in [1.54, 1.807) is 36.4 Å². The number of hydrogen-bond donors (Lipinski definition) is 2. The smallest absolute Gasteiger partial charge is 0.261 e. The Hall–Kier alpha value is -2.01.